The van der Waals surface area contributed by atoms with Gasteiger partial charge in [0.1, 0.15) is 0 Å². The lowest BCUT2D eigenvalue weighted by Gasteiger charge is -2.40. The van der Waals surface area contributed by atoms with Gasteiger partial charge in [-0.05, 0) is 100 Å². The van der Waals surface area contributed by atoms with Crippen molar-refractivity contribution in [1.29, 1.82) is 0 Å². The van der Waals surface area contributed by atoms with Crippen LogP contribution in [0.5, 0.6) is 0 Å². The molecule has 0 atom stereocenters. The van der Waals surface area contributed by atoms with Crippen LogP contribution >= 0.6 is 23.4 Å². The molecule has 0 saturated carbocycles. The van der Waals surface area contributed by atoms with Crippen LogP contribution in [0.4, 0.5) is 5.69 Å². The molecule has 2 aromatic carbocycles. The van der Waals surface area contributed by atoms with Gasteiger partial charge in [-0.2, -0.15) is 0 Å². The number of hydrogen-bond acceptors (Lipinski definition) is 4. The van der Waals surface area contributed by atoms with Gasteiger partial charge in [-0.15, -0.1) is 11.8 Å². The molecule has 172 valence electrons. The first-order valence-electron chi connectivity index (χ1n) is 11.9. The van der Waals surface area contributed by atoms with E-state index >= 15 is 0 Å². The SMILES string of the molecule is C=C1Nc2ccc(Cl)cc2C12CCN(CCCc1ccc(SCCN(C)CC)cc1)CC2. The minimum Gasteiger partial charge on any atom is -0.358 e. The van der Waals surface area contributed by atoms with E-state index in [2.05, 4.69) is 72.1 Å². The number of rotatable bonds is 9. The van der Waals surface area contributed by atoms with E-state index in [4.69, 9.17) is 11.6 Å². The Bertz CT molecular complexity index is 919. The first kappa shape index (κ1) is 23.7. The van der Waals surface area contributed by atoms with Gasteiger partial charge < -0.3 is 15.1 Å². The summed E-state index contributed by atoms with van der Waals surface area (Å²) in [5.41, 5.74) is 5.18. The van der Waals surface area contributed by atoms with Gasteiger partial charge >= 0.3 is 0 Å². The lowest BCUT2D eigenvalue weighted by Crippen LogP contribution is -2.43. The summed E-state index contributed by atoms with van der Waals surface area (Å²) in [7, 11) is 2.18. The highest BCUT2D eigenvalue weighted by Gasteiger charge is 2.44. The molecular formula is C27H36ClN3S. The predicted octanol–water partition coefficient (Wildman–Crippen LogP) is 6.29. The molecule has 1 spiro atoms. The Morgan fingerprint density at radius 1 is 1.16 bits per heavy atom. The standard InChI is InChI=1S/C27H36ClN3S/c1-4-30(3)18-19-32-24-10-7-22(8-11-24)6-5-15-31-16-13-27(14-17-31)21(2)29-26-12-9-23(28)20-25(26)27/h7-12,20,29H,2,4-6,13-19H2,1,3H3. The largest absolute Gasteiger partial charge is 0.358 e. The lowest BCUT2D eigenvalue weighted by atomic mass is 9.72. The number of fused-ring (bicyclic) bond motifs is 2. The van der Waals surface area contributed by atoms with E-state index in [1.54, 1.807) is 0 Å². The zero-order valence-electron chi connectivity index (χ0n) is 19.5. The second-order valence-corrected chi connectivity index (χ2v) is 10.8. The van der Waals surface area contributed by atoms with Crippen LogP contribution in [-0.4, -0.2) is 55.3 Å². The summed E-state index contributed by atoms with van der Waals surface area (Å²) in [5.74, 6) is 1.15. The van der Waals surface area contributed by atoms with Crippen LogP contribution in [0.3, 0.4) is 0 Å². The molecule has 3 nitrogen and oxygen atoms in total. The highest BCUT2D eigenvalue weighted by molar-refractivity contribution is 7.99. The number of hydrogen-bond donors (Lipinski definition) is 1. The molecule has 5 heteroatoms. The molecular weight excluding hydrogens is 434 g/mol. The van der Waals surface area contributed by atoms with Crippen molar-refractivity contribution >= 4 is 29.1 Å². The van der Waals surface area contributed by atoms with Crippen molar-refractivity contribution < 1.29 is 0 Å². The van der Waals surface area contributed by atoms with Gasteiger partial charge in [0, 0.05) is 39.0 Å². The maximum Gasteiger partial charge on any atom is 0.0425 e. The highest BCUT2D eigenvalue weighted by atomic mass is 35.5. The van der Waals surface area contributed by atoms with Crippen LogP contribution in [0.15, 0.2) is 59.6 Å². The maximum atomic E-state index is 6.31. The third-order valence-electron chi connectivity index (χ3n) is 7.21. The minimum atomic E-state index is 0.0518. The summed E-state index contributed by atoms with van der Waals surface area (Å²) in [6, 6.07) is 15.4. The fourth-order valence-corrected chi connectivity index (χ4v) is 6.07. The third-order valence-corrected chi connectivity index (χ3v) is 8.44. The van der Waals surface area contributed by atoms with Gasteiger partial charge in [-0.3, -0.25) is 0 Å². The summed E-state index contributed by atoms with van der Waals surface area (Å²) in [4.78, 5) is 6.36. The van der Waals surface area contributed by atoms with Crippen molar-refractivity contribution in [1.82, 2.24) is 9.80 Å². The van der Waals surface area contributed by atoms with E-state index in [1.807, 2.05) is 17.8 Å². The van der Waals surface area contributed by atoms with Crippen molar-refractivity contribution in [2.75, 3.05) is 50.8 Å². The van der Waals surface area contributed by atoms with E-state index in [-0.39, 0.29) is 5.41 Å². The minimum absolute atomic E-state index is 0.0518. The average molecular weight is 470 g/mol. The van der Waals surface area contributed by atoms with Crippen molar-refractivity contribution in [2.45, 2.75) is 42.9 Å². The summed E-state index contributed by atoms with van der Waals surface area (Å²) in [5, 5.41) is 4.33. The predicted molar refractivity (Wildman–Crippen MR) is 140 cm³/mol. The smallest absolute Gasteiger partial charge is 0.0425 e. The Morgan fingerprint density at radius 3 is 2.62 bits per heavy atom. The molecule has 1 saturated heterocycles. The topological polar surface area (TPSA) is 18.5 Å². The number of benzene rings is 2. The Kier molecular flexibility index (Phi) is 7.88. The number of thioether (sulfide) groups is 1. The molecule has 0 radical (unpaired) electrons. The molecule has 1 fully saturated rings. The van der Waals surface area contributed by atoms with Crippen LogP contribution in [0.2, 0.25) is 5.02 Å². The summed E-state index contributed by atoms with van der Waals surface area (Å²) >= 11 is 8.27. The number of likely N-dealkylation sites (tertiary alicyclic amines) is 1. The van der Waals surface area contributed by atoms with Crippen molar-refractivity contribution in [3.8, 4) is 0 Å². The van der Waals surface area contributed by atoms with Crippen LogP contribution in [-0.2, 0) is 11.8 Å². The lowest BCUT2D eigenvalue weighted by molar-refractivity contribution is 0.179. The Morgan fingerprint density at radius 2 is 1.91 bits per heavy atom. The van der Waals surface area contributed by atoms with Crippen LogP contribution in [0.25, 0.3) is 0 Å². The van der Waals surface area contributed by atoms with Gasteiger partial charge in [0.25, 0.3) is 0 Å². The van der Waals surface area contributed by atoms with Gasteiger partial charge in [0.2, 0.25) is 0 Å². The Labute approximate surface area is 203 Å². The molecule has 32 heavy (non-hydrogen) atoms. The van der Waals surface area contributed by atoms with Gasteiger partial charge in [0.05, 0.1) is 0 Å². The molecule has 1 N–H and O–H groups in total. The summed E-state index contributed by atoms with van der Waals surface area (Å²) < 4.78 is 0. The molecule has 4 rings (SSSR count). The number of aryl methyl sites for hydroxylation is 1. The zero-order valence-corrected chi connectivity index (χ0v) is 21.1. The van der Waals surface area contributed by atoms with Gasteiger partial charge in [-0.1, -0.05) is 37.2 Å². The number of piperidine rings is 1. The van der Waals surface area contributed by atoms with Crippen molar-refractivity contribution in [2.24, 2.45) is 0 Å². The summed E-state index contributed by atoms with van der Waals surface area (Å²) in [6.45, 7) is 12.2. The van der Waals surface area contributed by atoms with Crippen LogP contribution < -0.4 is 5.32 Å². The molecule has 0 unspecified atom stereocenters. The summed E-state index contributed by atoms with van der Waals surface area (Å²) in [6.07, 6.45) is 4.59. The Balaban J connectivity index is 1.22. The average Bonchev–Trinajstić information content (AvgIpc) is 3.06. The monoisotopic (exact) mass is 469 g/mol. The number of halogens is 1. The number of allylic oxidation sites excluding steroid dienone is 1. The van der Waals surface area contributed by atoms with Crippen LogP contribution in [0.1, 0.15) is 37.3 Å². The molecule has 0 amide bonds. The van der Waals surface area contributed by atoms with Crippen molar-refractivity contribution in [3.05, 3.63) is 70.9 Å². The van der Waals surface area contributed by atoms with Crippen molar-refractivity contribution in [3.63, 3.8) is 0 Å². The fraction of sp³-hybridized carbons (Fsp3) is 0.481. The number of nitrogens with one attached hydrogen (secondary N) is 1. The van der Waals surface area contributed by atoms with E-state index in [0.29, 0.717) is 0 Å². The van der Waals surface area contributed by atoms with Crippen LogP contribution in [0, 0.1) is 0 Å². The normalized spacial score (nSPS) is 17.7. The first-order valence-corrected chi connectivity index (χ1v) is 13.3. The molecule has 0 bridgehead atoms. The van der Waals surface area contributed by atoms with Gasteiger partial charge in [0.15, 0.2) is 0 Å². The molecule has 0 aromatic heterocycles. The van der Waals surface area contributed by atoms with Gasteiger partial charge in [-0.25, -0.2) is 0 Å². The number of nitrogens with zero attached hydrogens (tertiary/aromatic N) is 2. The quantitative estimate of drug-likeness (QED) is 0.435. The Hall–Kier alpha value is -1.46. The highest BCUT2D eigenvalue weighted by Crippen LogP contribution is 2.50. The molecule has 2 aliphatic rings. The second kappa shape index (κ2) is 10.6. The molecule has 2 aromatic rings. The first-order chi connectivity index (χ1) is 15.5. The van der Waals surface area contributed by atoms with E-state index in [0.717, 1.165) is 68.5 Å². The van der Waals surface area contributed by atoms with E-state index in [1.165, 1.54) is 28.1 Å². The third kappa shape index (κ3) is 5.36. The molecule has 2 aliphatic heterocycles. The van der Waals surface area contributed by atoms with E-state index in [9.17, 15) is 0 Å². The van der Waals surface area contributed by atoms with E-state index < -0.39 is 0 Å². The molecule has 2 heterocycles. The maximum absolute atomic E-state index is 6.31. The number of anilines is 1. The second-order valence-electron chi connectivity index (χ2n) is 9.21. The zero-order chi connectivity index (χ0) is 22.6. The molecule has 0 aliphatic carbocycles. The fourth-order valence-electron chi connectivity index (χ4n) is 4.93.